The topological polar surface area (TPSA) is 44.1 Å². The summed E-state index contributed by atoms with van der Waals surface area (Å²) in [7, 11) is 1.91. The molecule has 1 unspecified atom stereocenters. The quantitative estimate of drug-likeness (QED) is 0.813. The molecule has 0 bridgehead atoms. The second kappa shape index (κ2) is 5.88. The second-order valence-corrected chi connectivity index (χ2v) is 5.39. The molecule has 0 saturated heterocycles. The summed E-state index contributed by atoms with van der Waals surface area (Å²) < 4.78 is 0. The Morgan fingerprint density at radius 3 is 2.58 bits per heavy atom. The van der Waals surface area contributed by atoms with Crippen LogP contribution in [0.5, 0.6) is 0 Å². The maximum Gasteiger partial charge on any atom is 0.222 e. The fourth-order valence-electron chi connectivity index (χ4n) is 2.30. The van der Waals surface area contributed by atoms with Crippen LogP contribution >= 0.6 is 0 Å². The average Bonchev–Trinajstić information content (AvgIpc) is 3.28. The number of hydrogen-bond donors (Lipinski definition) is 0. The number of amides is 1. The lowest BCUT2D eigenvalue weighted by Crippen LogP contribution is -2.36. The highest BCUT2D eigenvalue weighted by atomic mass is 16.2. The van der Waals surface area contributed by atoms with Crippen molar-refractivity contribution in [3.63, 3.8) is 0 Å². The van der Waals surface area contributed by atoms with E-state index in [1.165, 1.54) is 12.8 Å². The molecule has 0 aliphatic heterocycles. The van der Waals surface area contributed by atoms with Gasteiger partial charge in [0.25, 0.3) is 0 Å². The summed E-state index contributed by atoms with van der Waals surface area (Å²) >= 11 is 0. The molecule has 1 amide bonds. The molecule has 1 aliphatic carbocycles. The van der Waals surface area contributed by atoms with E-state index in [2.05, 4.69) is 13.0 Å². The Balaban J connectivity index is 1.83. The van der Waals surface area contributed by atoms with Gasteiger partial charge in [-0.15, -0.1) is 0 Å². The number of nitrogens with zero attached hydrogens (tertiary/aromatic N) is 2. The van der Waals surface area contributed by atoms with E-state index in [0.717, 1.165) is 12.0 Å². The number of carbonyl (C=O) groups is 1. The minimum absolute atomic E-state index is 0.212. The molecule has 1 fully saturated rings. The van der Waals surface area contributed by atoms with Gasteiger partial charge in [0, 0.05) is 19.5 Å². The molecule has 1 aromatic carbocycles. The van der Waals surface area contributed by atoms with Gasteiger partial charge in [0.05, 0.1) is 11.6 Å². The zero-order valence-electron chi connectivity index (χ0n) is 11.6. The third-order valence-corrected chi connectivity index (χ3v) is 4.02. The summed E-state index contributed by atoms with van der Waals surface area (Å²) in [4.78, 5) is 14.0. The van der Waals surface area contributed by atoms with Gasteiger partial charge in [0.1, 0.15) is 0 Å². The van der Waals surface area contributed by atoms with Gasteiger partial charge in [-0.3, -0.25) is 4.79 Å². The highest BCUT2D eigenvalue weighted by Crippen LogP contribution is 2.34. The van der Waals surface area contributed by atoms with Crippen molar-refractivity contribution in [2.24, 2.45) is 5.92 Å². The minimum atomic E-state index is 0.212. The third-order valence-electron chi connectivity index (χ3n) is 4.02. The molecule has 0 radical (unpaired) electrons. The first-order valence-electron chi connectivity index (χ1n) is 6.86. The van der Waals surface area contributed by atoms with Crippen LogP contribution in [0.25, 0.3) is 0 Å². The highest BCUT2D eigenvalue weighted by Gasteiger charge is 2.32. The van der Waals surface area contributed by atoms with Crippen LogP contribution in [0.3, 0.4) is 0 Å². The second-order valence-electron chi connectivity index (χ2n) is 5.39. The van der Waals surface area contributed by atoms with E-state index in [1.54, 1.807) is 12.1 Å². The lowest BCUT2D eigenvalue weighted by molar-refractivity contribution is -0.132. The zero-order valence-corrected chi connectivity index (χ0v) is 11.6. The lowest BCUT2D eigenvalue weighted by atomic mass is 10.1. The molecule has 1 saturated carbocycles. The van der Waals surface area contributed by atoms with Gasteiger partial charge >= 0.3 is 0 Å². The van der Waals surface area contributed by atoms with Crippen molar-refractivity contribution in [2.45, 2.75) is 38.6 Å². The van der Waals surface area contributed by atoms with Crippen molar-refractivity contribution in [1.82, 2.24) is 4.90 Å². The Morgan fingerprint density at radius 1 is 1.42 bits per heavy atom. The minimum Gasteiger partial charge on any atom is -0.343 e. The maximum absolute atomic E-state index is 12.1. The smallest absolute Gasteiger partial charge is 0.222 e. The van der Waals surface area contributed by atoms with Gasteiger partial charge in [0.15, 0.2) is 0 Å². The Bertz CT molecular complexity index is 482. The normalized spacial score (nSPS) is 15.6. The molecule has 0 heterocycles. The van der Waals surface area contributed by atoms with Crippen LogP contribution < -0.4 is 0 Å². The molecule has 3 heteroatoms. The largest absolute Gasteiger partial charge is 0.343 e. The molecular formula is C16H20N2O. The van der Waals surface area contributed by atoms with E-state index in [4.69, 9.17) is 5.26 Å². The molecular weight excluding hydrogens is 236 g/mol. The van der Waals surface area contributed by atoms with Gasteiger partial charge in [0.2, 0.25) is 5.91 Å². The van der Waals surface area contributed by atoms with E-state index in [-0.39, 0.29) is 5.91 Å². The van der Waals surface area contributed by atoms with Crippen LogP contribution in [-0.2, 0) is 11.2 Å². The Hall–Kier alpha value is -1.82. The van der Waals surface area contributed by atoms with Crippen LogP contribution in [0.4, 0.5) is 0 Å². The molecule has 1 aliphatic rings. The Morgan fingerprint density at radius 2 is 2.05 bits per heavy atom. The maximum atomic E-state index is 12.1. The van der Waals surface area contributed by atoms with Crippen LogP contribution in [0.15, 0.2) is 24.3 Å². The molecule has 0 N–H and O–H groups in total. The summed E-state index contributed by atoms with van der Waals surface area (Å²) in [6.45, 7) is 2.14. The fourth-order valence-corrected chi connectivity index (χ4v) is 2.30. The van der Waals surface area contributed by atoms with Gasteiger partial charge in [-0.25, -0.2) is 0 Å². The van der Waals surface area contributed by atoms with Gasteiger partial charge in [-0.05, 0) is 49.8 Å². The van der Waals surface area contributed by atoms with Gasteiger partial charge < -0.3 is 4.90 Å². The number of hydrogen-bond acceptors (Lipinski definition) is 2. The molecule has 1 atom stereocenters. The standard InChI is InChI=1S/C16H20N2O/c1-12(15-8-9-15)18(2)16(19)10-7-13-3-5-14(11-17)6-4-13/h3-6,12,15H,7-10H2,1-2H3. The Kier molecular flexibility index (Phi) is 4.21. The van der Waals surface area contributed by atoms with Gasteiger partial charge in [-0.2, -0.15) is 5.26 Å². The number of carbonyl (C=O) groups excluding carboxylic acids is 1. The van der Waals surface area contributed by atoms with Crippen LogP contribution in [0.2, 0.25) is 0 Å². The summed E-state index contributed by atoms with van der Waals surface area (Å²) in [5.74, 6) is 0.924. The van der Waals surface area contributed by atoms with Crippen LogP contribution in [0, 0.1) is 17.2 Å². The van der Waals surface area contributed by atoms with Crippen molar-refractivity contribution < 1.29 is 4.79 Å². The zero-order chi connectivity index (χ0) is 13.8. The number of aryl methyl sites for hydroxylation is 1. The molecule has 100 valence electrons. The third kappa shape index (κ3) is 3.57. The van der Waals surface area contributed by atoms with E-state index < -0.39 is 0 Å². The Labute approximate surface area is 114 Å². The SMILES string of the molecule is CC(C1CC1)N(C)C(=O)CCc1ccc(C#N)cc1. The van der Waals surface area contributed by atoms with Crippen LogP contribution in [-0.4, -0.2) is 23.9 Å². The lowest BCUT2D eigenvalue weighted by Gasteiger charge is -2.24. The summed E-state index contributed by atoms with van der Waals surface area (Å²) in [5.41, 5.74) is 1.77. The first kappa shape index (κ1) is 13.6. The van der Waals surface area contributed by atoms with E-state index >= 15 is 0 Å². The first-order valence-corrected chi connectivity index (χ1v) is 6.86. The van der Waals surface area contributed by atoms with E-state index in [9.17, 15) is 4.79 Å². The predicted molar refractivity (Wildman–Crippen MR) is 74.4 cm³/mol. The van der Waals surface area contributed by atoms with Gasteiger partial charge in [-0.1, -0.05) is 12.1 Å². The molecule has 2 rings (SSSR count). The fraction of sp³-hybridized carbons (Fsp3) is 0.500. The van der Waals surface area contributed by atoms with Crippen molar-refractivity contribution in [3.05, 3.63) is 35.4 Å². The molecule has 0 aromatic heterocycles. The molecule has 0 spiro atoms. The average molecular weight is 256 g/mol. The van der Waals surface area contributed by atoms with Crippen molar-refractivity contribution in [3.8, 4) is 6.07 Å². The van der Waals surface area contributed by atoms with E-state index in [1.807, 2.05) is 24.1 Å². The molecule has 1 aromatic rings. The predicted octanol–water partition coefficient (Wildman–Crippen LogP) is 2.75. The molecule has 3 nitrogen and oxygen atoms in total. The number of benzene rings is 1. The summed E-state index contributed by atoms with van der Waals surface area (Å²) in [5, 5.41) is 8.73. The summed E-state index contributed by atoms with van der Waals surface area (Å²) in [6.07, 6.45) is 3.80. The van der Waals surface area contributed by atoms with E-state index in [0.29, 0.717) is 23.9 Å². The number of rotatable bonds is 5. The van der Waals surface area contributed by atoms with Crippen LogP contribution in [0.1, 0.15) is 37.3 Å². The first-order chi connectivity index (χ1) is 9.11. The number of nitriles is 1. The monoisotopic (exact) mass is 256 g/mol. The van der Waals surface area contributed by atoms with Crippen molar-refractivity contribution in [1.29, 1.82) is 5.26 Å². The van der Waals surface area contributed by atoms with Crippen molar-refractivity contribution in [2.75, 3.05) is 7.05 Å². The highest BCUT2D eigenvalue weighted by molar-refractivity contribution is 5.76. The summed E-state index contributed by atoms with van der Waals surface area (Å²) in [6, 6.07) is 9.92. The molecule has 19 heavy (non-hydrogen) atoms. The van der Waals surface area contributed by atoms with Crippen molar-refractivity contribution >= 4 is 5.91 Å².